The van der Waals surface area contributed by atoms with Crippen molar-refractivity contribution in [1.29, 1.82) is 0 Å². The highest BCUT2D eigenvalue weighted by Gasteiger charge is 2.49. The van der Waals surface area contributed by atoms with Crippen molar-refractivity contribution in [1.82, 2.24) is 15.2 Å². The lowest BCUT2D eigenvalue weighted by atomic mass is 9.97. The van der Waals surface area contributed by atoms with E-state index >= 15 is 0 Å². The number of likely N-dealkylation sites (tertiary alicyclic amines) is 1. The number of furan rings is 1. The minimum atomic E-state index is -0.142. The number of rotatable bonds is 5. The van der Waals surface area contributed by atoms with Crippen LogP contribution in [0.1, 0.15) is 50.7 Å². The minimum absolute atomic E-state index is 0.0192. The Morgan fingerprint density at radius 3 is 2.86 bits per heavy atom. The van der Waals surface area contributed by atoms with Crippen molar-refractivity contribution in [2.75, 3.05) is 6.54 Å². The molecule has 3 heterocycles. The predicted molar refractivity (Wildman–Crippen MR) is 137 cm³/mol. The van der Waals surface area contributed by atoms with E-state index in [0.29, 0.717) is 29.3 Å². The molecule has 1 aliphatic carbocycles. The molecule has 178 valence electrons. The third-order valence-electron chi connectivity index (χ3n) is 7.40. The number of carbonyl (C=O) groups excluding carboxylic acids is 2. The summed E-state index contributed by atoms with van der Waals surface area (Å²) in [5, 5.41) is 4.79. The van der Waals surface area contributed by atoms with Gasteiger partial charge in [0, 0.05) is 18.0 Å². The summed E-state index contributed by atoms with van der Waals surface area (Å²) in [4.78, 5) is 34.6. The van der Waals surface area contributed by atoms with Crippen LogP contribution >= 0.6 is 11.3 Å². The van der Waals surface area contributed by atoms with Gasteiger partial charge in [-0.05, 0) is 62.8 Å². The summed E-state index contributed by atoms with van der Waals surface area (Å²) >= 11 is 1.56. The van der Waals surface area contributed by atoms with Crippen LogP contribution in [0.5, 0.6) is 0 Å². The topological polar surface area (TPSA) is 75.4 Å². The zero-order valence-electron chi connectivity index (χ0n) is 19.8. The van der Waals surface area contributed by atoms with Crippen LogP contribution in [0.3, 0.4) is 0 Å². The second-order valence-corrected chi connectivity index (χ2v) is 10.8. The predicted octanol–water partition coefficient (Wildman–Crippen LogP) is 5.60. The molecule has 2 amide bonds. The molecule has 1 saturated heterocycles. The number of piperidine rings is 1. The molecule has 2 aliphatic rings. The average Bonchev–Trinajstić information content (AvgIpc) is 3.65. The number of nitrogens with zero attached hydrogens (tertiary/aromatic N) is 2. The molecule has 0 spiro atoms. The SMILES string of the molecule is Cc1cccc(-c2sc(C)nc2C(=O)N2[C@@H]3CC[C@@H](C3)[C@H]2CNC(=O)c2cccc3occc23)c1. The summed E-state index contributed by atoms with van der Waals surface area (Å²) in [6.07, 6.45) is 4.69. The van der Waals surface area contributed by atoms with Gasteiger partial charge in [0.1, 0.15) is 11.3 Å². The number of aromatic nitrogens is 1. The molecule has 0 unspecified atom stereocenters. The van der Waals surface area contributed by atoms with E-state index in [1.165, 1.54) is 0 Å². The summed E-state index contributed by atoms with van der Waals surface area (Å²) in [6.45, 7) is 4.44. The highest BCUT2D eigenvalue weighted by Crippen LogP contribution is 2.44. The standard InChI is InChI=1S/C28H27N3O3S/c1-16-5-3-6-19(13-16)26-25(30-17(2)35-26)28(33)31-20-10-9-18(14-20)23(31)15-29-27(32)22-7-4-8-24-21(22)11-12-34-24/h3-8,11-13,18,20,23H,9-10,14-15H2,1-2H3,(H,29,32)/t18-,20+,23+/m0/s1. The zero-order chi connectivity index (χ0) is 24.1. The van der Waals surface area contributed by atoms with Gasteiger partial charge in [0.2, 0.25) is 0 Å². The van der Waals surface area contributed by atoms with Crippen molar-refractivity contribution in [3.05, 3.63) is 76.6 Å². The molecular weight excluding hydrogens is 458 g/mol. The summed E-state index contributed by atoms with van der Waals surface area (Å²) in [5.41, 5.74) is 4.00. The molecule has 3 atom stereocenters. The van der Waals surface area contributed by atoms with E-state index in [0.717, 1.165) is 45.7 Å². The Bertz CT molecular complexity index is 1440. The number of benzene rings is 2. The average molecular weight is 486 g/mol. The summed E-state index contributed by atoms with van der Waals surface area (Å²) in [5.74, 6) is 0.238. The first-order valence-corrected chi connectivity index (χ1v) is 12.9. The fraction of sp³-hybridized carbons (Fsp3) is 0.321. The first kappa shape index (κ1) is 22.0. The van der Waals surface area contributed by atoms with Gasteiger partial charge in [0.15, 0.2) is 0 Å². The molecule has 2 fully saturated rings. The molecular formula is C28H27N3O3S. The van der Waals surface area contributed by atoms with Crippen LogP contribution in [0.4, 0.5) is 0 Å². The van der Waals surface area contributed by atoms with Gasteiger partial charge in [0.05, 0.1) is 27.8 Å². The maximum atomic E-state index is 13.9. The second kappa shape index (κ2) is 8.64. The van der Waals surface area contributed by atoms with Gasteiger partial charge in [-0.15, -0.1) is 11.3 Å². The molecule has 0 radical (unpaired) electrons. The third kappa shape index (κ3) is 3.84. The minimum Gasteiger partial charge on any atom is -0.464 e. The Morgan fingerprint density at radius 2 is 2.00 bits per heavy atom. The van der Waals surface area contributed by atoms with Gasteiger partial charge in [-0.25, -0.2) is 4.98 Å². The Kier molecular flexibility index (Phi) is 5.44. The van der Waals surface area contributed by atoms with Crippen LogP contribution < -0.4 is 5.32 Å². The van der Waals surface area contributed by atoms with Crippen LogP contribution in [0.15, 0.2) is 59.2 Å². The van der Waals surface area contributed by atoms with E-state index in [2.05, 4.69) is 29.4 Å². The first-order chi connectivity index (χ1) is 17.0. The maximum absolute atomic E-state index is 13.9. The smallest absolute Gasteiger partial charge is 0.274 e. The van der Waals surface area contributed by atoms with Crippen LogP contribution in [0.2, 0.25) is 0 Å². The lowest BCUT2D eigenvalue weighted by Crippen LogP contribution is -2.50. The van der Waals surface area contributed by atoms with Crippen molar-refractivity contribution in [2.45, 2.75) is 45.2 Å². The van der Waals surface area contributed by atoms with Crippen molar-refractivity contribution in [3.63, 3.8) is 0 Å². The molecule has 2 bridgehead atoms. The molecule has 2 aromatic carbocycles. The monoisotopic (exact) mass is 485 g/mol. The number of aryl methyl sites for hydroxylation is 2. The number of fused-ring (bicyclic) bond motifs is 3. The van der Waals surface area contributed by atoms with Gasteiger partial charge in [-0.3, -0.25) is 9.59 Å². The molecule has 1 saturated carbocycles. The first-order valence-electron chi connectivity index (χ1n) is 12.1. The van der Waals surface area contributed by atoms with Crippen LogP contribution in [-0.4, -0.2) is 40.3 Å². The van der Waals surface area contributed by atoms with Gasteiger partial charge in [-0.1, -0.05) is 35.9 Å². The molecule has 1 N–H and O–H groups in total. The van der Waals surface area contributed by atoms with Crippen molar-refractivity contribution in [2.24, 2.45) is 5.92 Å². The maximum Gasteiger partial charge on any atom is 0.274 e. The number of hydrogen-bond acceptors (Lipinski definition) is 5. The summed E-state index contributed by atoms with van der Waals surface area (Å²) < 4.78 is 5.44. The van der Waals surface area contributed by atoms with Crippen molar-refractivity contribution < 1.29 is 14.0 Å². The van der Waals surface area contributed by atoms with E-state index < -0.39 is 0 Å². The summed E-state index contributed by atoms with van der Waals surface area (Å²) in [7, 11) is 0. The Labute approximate surface area is 208 Å². The largest absolute Gasteiger partial charge is 0.464 e. The van der Waals surface area contributed by atoms with Crippen molar-refractivity contribution >= 4 is 34.1 Å². The summed E-state index contributed by atoms with van der Waals surface area (Å²) in [6, 6.07) is 15.7. The van der Waals surface area contributed by atoms with Gasteiger partial charge >= 0.3 is 0 Å². The molecule has 2 aromatic heterocycles. The lowest BCUT2D eigenvalue weighted by Gasteiger charge is -2.35. The fourth-order valence-electron chi connectivity index (χ4n) is 5.83. The Morgan fingerprint density at radius 1 is 1.14 bits per heavy atom. The lowest BCUT2D eigenvalue weighted by molar-refractivity contribution is 0.0577. The molecule has 4 aromatic rings. The van der Waals surface area contributed by atoms with E-state index in [4.69, 9.17) is 4.42 Å². The molecule has 6 nitrogen and oxygen atoms in total. The number of nitrogens with one attached hydrogen (secondary N) is 1. The number of carbonyl (C=O) groups is 2. The van der Waals surface area contributed by atoms with E-state index in [1.54, 1.807) is 17.6 Å². The van der Waals surface area contributed by atoms with Gasteiger partial charge in [-0.2, -0.15) is 0 Å². The zero-order valence-corrected chi connectivity index (χ0v) is 20.6. The number of thiazole rings is 1. The Balaban J connectivity index is 1.26. The highest BCUT2D eigenvalue weighted by atomic mass is 32.1. The quantitative estimate of drug-likeness (QED) is 0.399. The molecule has 6 rings (SSSR count). The van der Waals surface area contributed by atoms with Gasteiger partial charge < -0.3 is 14.6 Å². The fourth-order valence-corrected chi connectivity index (χ4v) is 6.74. The highest BCUT2D eigenvalue weighted by molar-refractivity contribution is 7.15. The third-order valence-corrected chi connectivity index (χ3v) is 8.42. The Hall–Kier alpha value is -3.45. The number of hydrogen-bond donors (Lipinski definition) is 1. The van der Waals surface area contributed by atoms with Crippen molar-refractivity contribution in [3.8, 4) is 10.4 Å². The van der Waals surface area contributed by atoms with Crippen LogP contribution in [-0.2, 0) is 0 Å². The van der Waals surface area contributed by atoms with E-state index in [9.17, 15) is 9.59 Å². The van der Waals surface area contributed by atoms with Crippen LogP contribution in [0.25, 0.3) is 21.4 Å². The second-order valence-electron chi connectivity index (χ2n) is 9.63. The van der Waals surface area contributed by atoms with E-state index in [-0.39, 0.29) is 23.9 Å². The molecule has 1 aliphatic heterocycles. The normalized spacial score (nSPS) is 21.1. The number of amides is 2. The van der Waals surface area contributed by atoms with Crippen LogP contribution in [0, 0.1) is 19.8 Å². The molecule has 7 heteroatoms. The molecule has 35 heavy (non-hydrogen) atoms. The van der Waals surface area contributed by atoms with E-state index in [1.807, 2.05) is 48.2 Å². The van der Waals surface area contributed by atoms with Gasteiger partial charge in [0.25, 0.3) is 11.8 Å².